The average Bonchev–Trinajstić information content (AvgIpc) is 3.00. The van der Waals surface area contributed by atoms with Gasteiger partial charge in [-0.25, -0.2) is 0 Å². The Labute approximate surface area is 175 Å². The summed E-state index contributed by atoms with van der Waals surface area (Å²) in [5, 5.41) is 3.10. The van der Waals surface area contributed by atoms with Crippen LogP contribution in [0.3, 0.4) is 0 Å². The number of nitrogens with one attached hydrogen (secondary N) is 1. The molecule has 4 nitrogen and oxygen atoms in total. The normalized spacial score (nSPS) is 14.8. The molecule has 1 saturated carbocycles. The number of rotatable bonds is 4. The van der Waals surface area contributed by atoms with Crippen LogP contribution in [0.4, 0.5) is 5.69 Å². The first-order chi connectivity index (χ1) is 11.5. The molecule has 1 fully saturated rings. The first kappa shape index (κ1) is 20.3. The van der Waals surface area contributed by atoms with E-state index in [4.69, 9.17) is 0 Å². The number of aromatic nitrogens is 2. The molecule has 0 unspecified atom stereocenters. The van der Waals surface area contributed by atoms with Crippen molar-refractivity contribution in [2.24, 2.45) is 0 Å². The number of carbonyl (C=O) groups is 1. The topological polar surface area (TPSA) is 37.9 Å². The maximum atomic E-state index is 12.6. The summed E-state index contributed by atoms with van der Waals surface area (Å²) < 4.78 is 4.29. The fraction of sp³-hybridized carbons (Fsp3) is 0.500. The van der Waals surface area contributed by atoms with Crippen LogP contribution in [0.5, 0.6) is 0 Å². The minimum atomic E-state index is 0. The van der Waals surface area contributed by atoms with Gasteiger partial charge in [-0.3, -0.25) is 4.79 Å². The Morgan fingerprint density at radius 1 is 1.16 bits per heavy atom. The van der Waals surface area contributed by atoms with Crippen LogP contribution in [-0.4, -0.2) is 10.6 Å². The summed E-state index contributed by atoms with van der Waals surface area (Å²) >= 11 is 0. The van der Waals surface area contributed by atoms with E-state index in [1.54, 1.807) is 0 Å². The molecule has 1 amide bonds. The number of carbonyl (C=O) groups excluding carboxylic acids is 1. The molecule has 0 spiro atoms. The van der Waals surface area contributed by atoms with Gasteiger partial charge in [0.15, 0.2) is 6.20 Å². The molecule has 0 saturated heterocycles. The molecule has 1 aliphatic rings. The van der Waals surface area contributed by atoms with Gasteiger partial charge in [-0.2, -0.15) is 4.68 Å². The van der Waals surface area contributed by atoms with Gasteiger partial charge in [0.25, 0.3) is 5.91 Å². The maximum Gasteiger partial charge on any atom is 0.292 e. The standard InChI is InChI=1S/C20H27N3O.Y/c1-15-12-16(2)20(17(3)13-15)21-19(24)14-22-10-7-11-23(22)18-8-5-4-6-9-18;/h7,10-13,18H,4-6,8-9,14H2,1-3H3;/p+1. The summed E-state index contributed by atoms with van der Waals surface area (Å²) in [6.45, 7) is 6.54. The molecule has 25 heavy (non-hydrogen) atoms. The van der Waals surface area contributed by atoms with Crippen LogP contribution in [0.25, 0.3) is 0 Å². The number of hydrogen-bond donors (Lipinski definition) is 1. The second-order valence-electron chi connectivity index (χ2n) is 7.08. The molecule has 5 heteroatoms. The first-order valence-electron chi connectivity index (χ1n) is 8.99. The van der Waals surface area contributed by atoms with E-state index in [0.717, 1.165) is 16.8 Å². The summed E-state index contributed by atoms with van der Waals surface area (Å²) in [6.07, 6.45) is 10.4. The monoisotopic (exact) mass is 415 g/mol. The van der Waals surface area contributed by atoms with Crippen molar-refractivity contribution in [3.63, 3.8) is 0 Å². The Hall–Kier alpha value is -0.996. The van der Waals surface area contributed by atoms with Gasteiger partial charge in [-0.05, 0) is 44.7 Å². The van der Waals surface area contributed by atoms with E-state index in [2.05, 4.69) is 35.3 Å². The molecule has 0 atom stereocenters. The predicted molar refractivity (Wildman–Crippen MR) is 96.0 cm³/mol. The van der Waals surface area contributed by atoms with Crippen LogP contribution >= 0.6 is 0 Å². The van der Waals surface area contributed by atoms with Crippen LogP contribution in [0.2, 0.25) is 0 Å². The molecule has 0 bridgehead atoms. The third-order valence-electron chi connectivity index (χ3n) is 4.99. The SMILES string of the molecule is Cc1cc(C)c(NC(=O)C[n+]2cccn2C2CCCCC2)c(C)c1.[Y]. The molecular weight excluding hydrogens is 387 g/mol. The third kappa shape index (κ3) is 5.01. The Bertz CT molecular complexity index is 709. The second kappa shape index (κ2) is 9.09. The largest absolute Gasteiger partial charge is 0.320 e. The van der Waals surface area contributed by atoms with Gasteiger partial charge in [-0.15, -0.1) is 4.68 Å². The molecule has 1 aromatic carbocycles. The molecular formula is C20H28N3OY+. The van der Waals surface area contributed by atoms with E-state index < -0.39 is 0 Å². The molecule has 1 N–H and O–H groups in total. The molecule has 3 rings (SSSR count). The number of hydrogen-bond acceptors (Lipinski definition) is 1. The van der Waals surface area contributed by atoms with Crippen molar-refractivity contribution in [1.82, 2.24) is 4.68 Å². The van der Waals surface area contributed by atoms with E-state index in [9.17, 15) is 4.79 Å². The van der Waals surface area contributed by atoms with Crippen LogP contribution in [0.1, 0.15) is 54.8 Å². The zero-order chi connectivity index (χ0) is 17.1. The minimum Gasteiger partial charge on any atom is -0.320 e. The van der Waals surface area contributed by atoms with Crippen molar-refractivity contribution in [1.29, 1.82) is 0 Å². The molecule has 1 heterocycles. The molecule has 1 aliphatic carbocycles. The van der Waals surface area contributed by atoms with E-state index >= 15 is 0 Å². The van der Waals surface area contributed by atoms with E-state index in [1.165, 1.54) is 37.7 Å². The van der Waals surface area contributed by atoms with E-state index in [1.807, 2.05) is 30.8 Å². The summed E-state index contributed by atoms with van der Waals surface area (Å²) in [6, 6.07) is 6.79. The van der Waals surface area contributed by atoms with Gasteiger partial charge < -0.3 is 5.32 Å². The zero-order valence-corrected chi connectivity index (χ0v) is 18.4. The number of amides is 1. The average molecular weight is 415 g/mol. The summed E-state index contributed by atoms with van der Waals surface area (Å²) in [4.78, 5) is 12.6. The Morgan fingerprint density at radius 2 is 1.80 bits per heavy atom. The number of aryl methyl sites for hydroxylation is 3. The first-order valence-corrected chi connectivity index (χ1v) is 8.99. The third-order valence-corrected chi connectivity index (χ3v) is 4.99. The minimum absolute atomic E-state index is 0. The molecule has 2 aromatic rings. The molecule has 131 valence electrons. The van der Waals surface area contributed by atoms with Crippen molar-refractivity contribution >= 4 is 11.6 Å². The molecule has 0 aliphatic heterocycles. The van der Waals surface area contributed by atoms with Crippen molar-refractivity contribution in [3.8, 4) is 0 Å². The van der Waals surface area contributed by atoms with Crippen LogP contribution in [-0.2, 0) is 44.0 Å². The Kier molecular flexibility index (Phi) is 7.39. The second-order valence-corrected chi connectivity index (χ2v) is 7.08. The fourth-order valence-corrected chi connectivity index (χ4v) is 3.90. The Morgan fingerprint density at radius 3 is 2.44 bits per heavy atom. The quantitative estimate of drug-likeness (QED) is 0.758. The summed E-state index contributed by atoms with van der Waals surface area (Å²) in [5.74, 6) is 0.0332. The van der Waals surface area contributed by atoms with Crippen molar-refractivity contribution < 1.29 is 42.2 Å². The molecule has 1 radical (unpaired) electrons. The van der Waals surface area contributed by atoms with Gasteiger partial charge in [0.05, 0.1) is 12.2 Å². The molecule has 1 aromatic heterocycles. The van der Waals surface area contributed by atoms with E-state index in [0.29, 0.717) is 12.6 Å². The van der Waals surface area contributed by atoms with E-state index in [-0.39, 0.29) is 38.6 Å². The van der Waals surface area contributed by atoms with Crippen LogP contribution in [0, 0.1) is 20.8 Å². The van der Waals surface area contributed by atoms with Gasteiger partial charge in [-0.1, -0.05) is 37.0 Å². The van der Waals surface area contributed by atoms with Crippen LogP contribution in [0.15, 0.2) is 30.6 Å². The van der Waals surface area contributed by atoms with Crippen molar-refractivity contribution in [2.75, 3.05) is 5.32 Å². The summed E-state index contributed by atoms with van der Waals surface area (Å²) in [5.41, 5.74) is 4.41. The smallest absolute Gasteiger partial charge is 0.292 e. The predicted octanol–water partition coefficient (Wildman–Crippen LogP) is 3.84. The number of anilines is 1. The van der Waals surface area contributed by atoms with Crippen LogP contribution < -0.4 is 10.00 Å². The number of benzene rings is 1. The van der Waals surface area contributed by atoms with Gasteiger partial charge >= 0.3 is 0 Å². The fourth-order valence-electron chi connectivity index (χ4n) is 3.90. The maximum absolute atomic E-state index is 12.6. The number of nitrogens with zero attached hydrogens (tertiary/aromatic N) is 2. The zero-order valence-electron chi connectivity index (χ0n) is 15.6. The van der Waals surface area contributed by atoms with Crippen molar-refractivity contribution in [3.05, 3.63) is 47.3 Å². The van der Waals surface area contributed by atoms with Gasteiger partial charge in [0.1, 0.15) is 0 Å². The summed E-state index contributed by atoms with van der Waals surface area (Å²) in [7, 11) is 0. The van der Waals surface area contributed by atoms with Gasteiger partial charge in [0.2, 0.25) is 6.54 Å². The van der Waals surface area contributed by atoms with Crippen molar-refractivity contribution in [2.45, 2.75) is 65.5 Å². The Balaban J connectivity index is 0.00000225. The van der Waals surface area contributed by atoms with Gasteiger partial charge in [0, 0.05) is 44.5 Å².